The predicted molar refractivity (Wildman–Crippen MR) is 101 cm³/mol. The minimum Gasteiger partial charge on any atom is -0.381 e. The number of pyridine rings is 1. The van der Waals surface area contributed by atoms with Crippen LogP contribution in [0.4, 0.5) is 17.2 Å². The highest BCUT2D eigenvalue weighted by Gasteiger charge is 2.20. The smallest absolute Gasteiger partial charge is 0.289 e. The van der Waals surface area contributed by atoms with Gasteiger partial charge in [-0.3, -0.25) is 14.3 Å². The summed E-state index contributed by atoms with van der Waals surface area (Å²) in [6.07, 6.45) is 2.80. The molecule has 3 rings (SSSR count). The quantitative estimate of drug-likeness (QED) is 0.590. The van der Waals surface area contributed by atoms with Crippen molar-refractivity contribution in [2.75, 3.05) is 18.5 Å². The Morgan fingerprint density at radius 3 is 2.81 bits per heavy atom. The Labute approximate surface area is 158 Å². The third kappa shape index (κ3) is 4.78. The van der Waals surface area contributed by atoms with E-state index in [0.29, 0.717) is 24.8 Å². The van der Waals surface area contributed by atoms with E-state index in [9.17, 15) is 14.3 Å². The second-order valence-corrected chi connectivity index (χ2v) is 8.07. The molecule has 2 aromatic rings. The molecule has 0 amide bonds. The fraction of sp³-hybridized carbons (Fsp3) is 0.353. The van der Waals surface area contributed by atoms with Crippen LogP contribution in [-0.4, -0.2) is 32.6 Å². The van der Waals surface area contributed by atoms with Crippen molar-refractivity contribution in [3.05, 3.63) is 57.2 Å². The fourth-order valence-electron chi connectivity index (χ4n) is 2.72. The number of anilines is 2. The average molecular weight is 396 g/mol. The van der Waals surface area contributed by atoms with E-state index in [-0.39, 0.29) is 16.0 Å². The van der Waals surface area contributed by atoms with Gasteiger partial charge in [0, 0.05) is 46.8 Å². The summed E-state index contributed by atoms with van der Waals surface area (Å²) in [6, 6.07) is 8.75. The van der Waals surface area contributed by atoms with Gasteiger partial charge >= 0.3 is 0 Å². The lowest BCUT2D eigenvalue weighted by atomic mass is 10.2. The summed E-state index contributed by atoms with van der Waals surface area (Å²) in [4.78, 5) is 14.2. The number of nitrogens with one attached hydrogen (secondary N) is 1. The van der Waals surface area contributed by atoms with E-state index in [4.69, 9.17) is 16.3 Å². The average Bonchev–Trinajstić information content (AvgIpc) is 2.64. The van der Waals surface area contributed by atoms with Crippen LogP contribution in [0.3, 0.4) is 0 Å². The van der Waals surface area contributed by atoms with Gasteiger partial charge in [0.25, 0.3) is 5.69 Å². The molecule has 1 atom stereocenters. The van der Waals surface area contributed by atoms with E-state index in [0.717, 1.165) is 30.3 Å². The zero-order chi connectivity index (χ0) is 18.5. The summed E-state index contributed by atoms with van der Waals surface area (Å²) >= 11 is 6.06. The van der Waals surface area contributed by atoms with Gasteiger partial charge in [0.1, 0.15) is 12.0 Å². The van der Waals surface area contributed by atoms with Gasteiger partial charge in [-0.25, -0.2) is 4.98 Å². The van der Waals surface area contributed by atoms with Crippen LogP contribution in [0.2, 0.25) is 5.02 Å². The van der Waals surface area contributed by atoms with Gasteiger partial charge in [0.05, 0.1) is 9.95 Å². The summed E-state index contributed by atoms with van der Waals surface area (Å²) < 4.78 is 17.8. The van der Waals surface area contributed by atoms with Gasteiger partial charge in [0.15, 0.2) is 0 Å². The second kappa shape index (κ2) is 8.57. The van der Waals surface area contributed by atoms with E-state index in [1.54, 1.807) is 0 Å². The van der Waals surface area contributed by atoms with Crippen molar-refractivity contribution in [3.63, 3.8) is 0 Å². The molecule has 1 saturated heterocycles. The first-order valence-corrected chi connectivity index (χ1v) is 9.90. The molecule has 1 fully saturated rings. The van der Waals surface area contributed by atoms with Gasteiger partial charge < -0.3 is 10.1 Å². The molecular formula is C17H18ClN3O4S. The summed E-state index contributed by atoms with van der Waals surface area (Å²) in [5.41, 5.74) is 1.51. The predicted octanol–water partition coefficient (Wildman–Crippen LogP) is 3.81. The van der Waals surface area contributed by atoms with Crippen LogP contribution < -0.4 is 5.32 Å². The maximum absolute atomic E-state index is 12.5. The third-order valence-electron chi connectivity index (χ3n) is 4.08. The third-order valence-corrected chi connectivity index (χ3v) is 6.20. The Morgan fingerprint density at radius 2 is 2.12 bits per heavy atom. The SMILES string of the molecule is O=[N+]([O-])c1cnc(Nc2cccc(CS(=O)C3CCOCC3)c2)c(Cl)c1. The summed E-state index contributed by atoms with van der Waals surface area (Å²) in [5, 5.41) is 14.1. The van der Waals surface area contributed by atoms with E-state index in [2.05, 4.69) is 10.3 Å². The van der Waals surface area contributed by atoms with Crippen molar-refractivity contribution >= 4 is 39.6 Å². The van der Waals surface area contributed by atoms with Crippen molar-refractivity contribution in [2.24, 2.45) is 0 Å². The number of hydrogen-bond donors (Lipinski definition) is 1. The standard InChI is InChI=1S/C17H18ClN3O4S/c18-16-9-14(21(22)23)10-19-17(16)20-13-3-1-2-12(8-13)11-26(24)15-4-6-25-7-5-15/h1-3,8-10,15H,4-7,11H2,(H,19,20). The van der Waals surface area contributed by atoms with Crippen molar-refractivity contribution in [1.29, 1.82) is 0 Å². The number of halogens is 1. The number of ether oxygens (including phenoxy) is 1. The summed E-state index contributed by atoms with van der Waals surface area (Å²) in [7, 11) is -0.949. The van der Waals surface area contributed by atoms with E-state index in [1.165, 1.54) is 6.07 Å². The Morgan fingerprint density at radius 1 is 1.35 bits per heavy atom. The van der Waals surface area contributed by atoms with Crippen molar-refractivity contribution in [1.82, 2.24) is 4.98 Å². The molecule has 2 heterocycles. The van der Waals surface area contributed by atoms with Crippen LogP contribution in [0.1, 0.15) is 18.4 Å². The van der Waals surface area contributed by atoms with Crippen LogP contribution in [-0.2, 0) is 21.3 Å². The van der Waals surface area contributed by atoms with E-state index >= 15 is 0 Å². The molecule has 0 radical (unpaired) electrons. The lowest BCUT2D eigenvalue weighted by Gasteiger charge is -2.21. The second-order valence-electron chi connectivity index (χ2n) is 5.94. The zero-order valence-corrected chi connectivity index (χ0v) is 15.5. The molecule has 0 bridgehead atoms. The lowest BCUT2D eigenvalue weighted by Crippen LogP contribution is -2.25. The normalized spacial score (nSPS) is 16.2. The van der Waals surface area contributed by atoms with E-state index < -0.39 is 15.7 Å². The molecule has 1 aromatic carbocycles. The molecule has 1 aromatic heterocycles. The number of aromatic nitrogens is 1. The van der Waals surface area contributed by atoms with Gasteiger partial charge in [-0.15, -0.1) is 0 Å². The molecule has 0 saturated carbocycles. The maximum Gasteiger partial charge on any atom is 0.289 e. The summed E-state index contributed by atoms with van der Waals surface area (Å²) in [6.45, 7) is 1.34. The van der Waals surface area contributed by atoms with Gasteiger partial charge in [-0.05, 0) is 30.5 Å². The molecular weight excluding hydrogens is 378 g/mol. The highest BCUT2D eigenvalue weighted by Crippen LogP contribution is 2.27. The van der Waals surface area contributed by atoms with Crippen molar-refractivity contribution in [3.8, 4) is 0 Å². The maximum atomic E-state index is 12.5. The zero-order valence-electron chi connectivity index (χ0n) is 13.9. The number of hydrogen-bond acceptors (Lipinski definition) is 6. The number of nitro groups is 1. The van der Waals surface area contributed by atoms with Crippen molar-refractivity contribution in [2.45, 2.75) is 23.8 Å². The molecule has 1 N–H and O–H groups in total. The highest BCUT2D eigenvalue weighted by atomic mass is 35.5. The topological polar surface area (TPSA) is 94.4 Å². The van der Waals surface area contributed by atoms with Crippen LogP contribution in [0.25, 0.3) is 0 Å². The Balaban J connectivity index is 1.69. The fourth-order valence-corrected chi connectivity index (χ4v) is 4.39. The van der Waals surface area contributed by atoms with Gasteiger partial charge in [0.2, 0.25) is 0 Å². The first kappa shape index (κ1) is 18.8. The van der Waals surface area contributed by atoms with Crippen LogP contribution >= 0.6 is 11.6 Å². The number of benzene rings is 1. The molecule has 138 valence electrons. The molecule has 1 aliphatic heterocycles. The number of nitrogens with zero attached hydrogens (tertiary/aromatic N) is 2. The summed E-state index contributed by atoms with van der Waals surface area (Å²) in [5.74, 6) is 0.807. The molecule has 7 nitrogen and oxygen atoms in total. The van der Waals surface area contributed by atoms with Gasteiger partial charge in [-0.2, -0.15) is 0 Å². The molecule has 1 unspecified atom stereocenters. The first-order chi connectivity index (χ1) is 12.5. The highest BCUT2D eigenvalue weighted by molar-refractivity contribution is 7.84. The first-order valence-electron chi connectivity index (χ1n) is 8.14. The molecule has 1 aliphatic rings. The molecule has 9 heteroatoms. The monoisotopic (exact) mass is 395 g/mol. The van der Waals surface area contributed by atoms with Crippen LogP contribution in [0.5, 0.6) is 0 Å². The molecule has 0 spiro atoms. The molecule has 0 aliphatic carbocycles. The minimum atomic E-state index is -0.949. The Hall–Kier alpha value is -2.03. The lowest BCUT2D eigenvalue weighted by molar-refractivity contribution is -0.385. The number of rotatable bonds is 6. The molecule has 26 heavy (non-hydrogen) atoms. The Kier molecular flexibility index (Phi) is 6.18. The van der Waals surface area contributed by atoms with E-state index in [1.807, 2.05) is 24.3 Å². The van der Waals surface area contributed by atoms with Crippen LogP contribution in [0, 0.1) is 10.1 Å². The van der Waals surface area contributed by atoms with Gasteiger partial charge in [-0.1, -0.05) is 23.7 Å². The van der Waals surface area contributed by atoms with Crippen LogP contribution in [0.15, 0.2) is 36.5 Å². The van der Waals surface area contributed by atoms with Crippen molar-refractivity contribution < 1.29 is 13.9 Å². The Bertz CT molecular complexity index is 827. The largest absolute Gasteiger partial charge is 0.381 e. The minimum absolute atomic E-state index is 0.162.